The lowest BCUT2D eigenvalue weighted by molar-refractivity contribution is -0.161. The smallest absolute Gasteiger partial charge is 0.462 e. The SMILES string of the molecule is CCCCCCCCCCCCCCCCCC(=O)OC[C@H](COP(=O)(O)OC[C@@H](O)COP(=O)(O)OC[C@@H](COC(=O)CCCCCCCCCCCC)OC(=O)CCCCCCCCCCCCC(C)C)OC(=O)CCCCCCCCCCCCCCCCC. The van der Waals surface area contributed by atoms with Crippen LogP contribution in [0.5, 0.6) is 0 Å². The molecule has 0 fully saturated rings. The predicted molar refractivity (Wildman–Crippen MR) is 377 cm³/mol. The molecule has 17 nitrogen and oxygen atoms in total. The third-order valence-electron chi connectivity index (χ3n) is 17.3. The van der Waals surface area contributed by atoms with Crippen LogP contribution in [0.15, 0.2) is 0 Å². The van der Waals surface area contributed by atoms with Crippen molar-refractivity contribution < 1.29 is 80.2 Å². The Morgan fingerprint density at radius 1 is 0.290 bits per heavy atom. The highest BCUT2D eigenvalue weighted by atomic mass is 31.2. The Balaban J connectivity index is 5.25. The third kappa shape index (κ3) is 68.4. The van der Waals surface area contributed by atoms with Gasteiger partial charge in [0.05, 0.1) is 26.4 Å². The van der Waals surface area contributed by atoms with E-state index in [-0.39, 0.29) is 25.7 Å². The number of hydrogen-bond donors (Lipinski definition) is 3. The average Bonchev–Trinajstić information content (AvgIpc) is 1.64. The van der Waals surface area contributed by atoms with Gasteiger partial charge in [-0.05, 0) is 31.6 Å². The minimum Gasteiger partial charge on any atom is -0.462 e. The number of phosphoric ester groups is 2. The van der Waals surface area contributed by atoms with E-state index in [2.05, 4.69) is 34.6 Å². The van der Waals surface area contributed by atoms with Crippen LogP contribution in [-0.4, -0.2) is 96.7 Å². The quantitative estimate of drug-likeness (QED) is 0.0222. The van der Waals surface area contributed by atoms with Crippen molar-refractivity contribution in [3.63, 3.8) is 0 Å². The second kappa shape index (κ2) is 67.3. The van der Waals surface area contributed by atoms with Gasteiger partial charge in [-0.1, -0.05) is 336 Å². The summed E-state index contributed by atoms with van der Waals surface area (Å²) in [6.07, 6.45) is 55.3. The van der Waals surface area contributed by atoms with Crippen molar-refractivity contribution in [2.75, 3.05) is 39.6 Å². The Bertz CT molecular complexity index is 1790. The lowest BCUT2D eigenvalue weighted by Crippen LogP contribution is -2.30. The summed E-state index contributed by atoms with van der Waals surface area (Å²) in [5.41, 5.74) is 0. The molecule has 0 amide bonds. The first-order chi connectivity index (χ1) is 45.0. The zero-order valence-electron chi connectivity index (χ0n) is 60.4. The summed E-state index contributed by atoms with van der Waals surface area (Å²) in [5, 5.41) is 10.6. The number of unbranched alkanes of at least 4 members (excludes halogenated alkanes) is 46. The van der Waals surface area contributed by atoms with E-state index in [0.717, 1.165) is 95.8 Å². The Morgan fingerprint density at radius 3 is 0.731 bits per heavy atom. The van der Waals surface area contributed by atoms with Crippen molar-refractivity contribution in [3.05, 3.63) is 0 Å². The molecule has 5 atom stereocenters. The molecule has 2 unspecified atom stereocenters. The van der Waals surface area contributed by atoms with Gasteiger partial charge in [0, 0.05) is 25.7 Å². The van der Waals surface area contributed by atoms with Crippen molar-refractivity contribution in [3.8, 4) is 0 Å². The number of esters is 4. The number of carbonyl (C=O) groups is 4. The molecule has 93 heavy (non-hydrogen) atoms. The van der Waals surface area contributed by atoms with Crippen molar-refractivity contribution in [1.82, 2.24) is 0 Å². The maximum atomic E-state index is 13.1. The first kappa shape index (κ1) is 91.1. The van der Waals surface area contributed by atoms with Crippen LogP contribution in [0.1, 0.15) is 388 Å². The monoisotopic (exact) mass is 1370 g/mol. The molecular formula is C74H144O17P2. The van der Waals surface area contributed by atoms with E-state index >= 15 is 0 Å². The second-order valence-electron chi connectivity index (χ2n) is 27.2. The predicted octanol–water partition coefficient (Wildman–Crippen LogP) is 21.7. The van der Waals surface area contributed by atoms with Crippen molar-refractivity contribution in [2.45, 2.75) is 406 Å². The zero-order chi connectivity index (χ0) is 68.4. The molecule has 0 aromatic heterocycles. The minimum absolute atomic E-state index is 0.106. The molecule has 0 aliphatic carbocycles. The standard InChI is InChI=1S/C74H144O17P2/c1-6-9-12-15-18-21-24-26-28-30-32-38-43-48-53-58-72(77)85-64-70(90-73(78)59-54-49-44-39-33-31-29-27-25-22-19-16-13-10-7-2)66-89-93(82,83)87-62-68(75)61-86-92(80,81)88-65-69(63-84-71(76)57-52-47-42-37-23-20-17-14-11-8-3)91-74(79)60-55-50-45-40-35-34-36-41-46-51-56-67(4)5/h67-70,75H,6-66H2,1-5H3,(H,80,81)(H,82,83)/t68-,69+,70+/m0/s1. The highest BCUT2D eigenvalue weighted by molar-refractivity contribution is 7.47. The summed E-state index contributed by atoms with van der Waals surface area (Å²) < 4.78 is 68.5. The Morgan fingerprint density at radius 2 is 0.495 bits per heavy atom. The molecule has 0 saturated carbocycles. The zero-order valence-corrected chi connectivity index (χ0v) is 62.2. The lowest BCUT2D eigenvalue weighted by Gasteiger charge is -2.21. The summed E-state index contributed by atoms with van der Waals surface area (Å²) in [7, 11) is -9.91. The molecule has 0 bridgehead atoms. The third-order valence-corrected chi connectivity index (χ3v) is 19.2. The van der Waals surface area contributed by atoms with Gasteiger partial charge in [-0.2, -0.15) is 0 Å². The highest BCUT2D eigenvalue weighted by Gasteiger charge is 2.30. The van der Waals surface area contributed by atoms with Crippen molar-refractivity contribution >= 4 is 39.5 Å². The molecule has 0 saturated heterocycles. The molecule has 0 aliphatic rings. The Hall–Kier alpha value is -1.94. The largest absolute Gasteiger partial charge is 0.472 e. The van der Waals surface area contributed by atoms with Crippen LogP contribution in [0, 0.1) is 5.92 Å². The molecule has 0 radical (unpaired) electrons. The van der Waals surface area contributed by atoms with Crippen LogP contribution in [0.3, 0.4) is 0 Å². The van der Waals surface area contributed by atoms with E-state index in [1.165, 1.54) is 212 Å². The maximum absolute atomic E-state index is 13.1. The second-order valence-corrected chi connectivity index (χ2v) is 30.1. The van der Waals surface area contributed by atoms with Crippen LogP contribution in [-0.2, 0) is 65.4 Å². The van der Waals surface area contributed by atoms with Gasteiger partial charge in [-0.25, -0.2) is 9.13 Å². The summed E-state index contributed by atoms with van der Waals surface area (Å²) >= 11 is 0. The summed E-state index contributed by atoms with van der Waals surface area (Å²) in [6, 6.07) is 0. The highest BCUT2D eigenvalue weighted by Crippen LogP contribution is 2.45. The lowest BCUT2D eigenvalue weighted by atomic mass is 10.0. The normalized spacial score (nSPS) is 14.0. The van der Waals surface area contributed by atoms with Gasteiger partial charge in [0.25, 0.3) is 0 Å². The average molecular weight is 1370 g/mol. The van der Waals surface area contributed by atoms with E-state index in [0.29, 0.717) is 25.7 Å². The van der Waals surface area contributed by atoms with Gasteiger partial charge in [0.15, 0.2) is 12.2 Å². The van der Waals surface area contributed by atoms with E-state index in [9.17, 15) is 43.2 Å². The van der Waals surface area contributed by atoms with Gasteiger partial charge >= 0.3 is 39.5 Å². The summed E-state index contributed by atoms with van der Waals surface area (Å²) in [4.78, 5) is 72.7. The Kier molecular flexibility index (Phi) is 65.9. The van der Waals surface area contributed by atoms with Crippen LogP contribution in [0.4, 0.5) is 0 Å². The molecule has 552 valence electrons. The van der Waals surface area contributed by atoms with Gasteiger partial charge in [-0.3, -0.25) is 37.3 Å². The molecule has 0 aliphatic heterocycles. The molecule has 0 heterocycles. The number of aliphatic hydroxyl groups excluding tert-OH is 1. The molecular weight excluding hydrogens is 1220 g/mol. The Labute approximate surface area is 568 Å². The fraction of sp³-hybridized carbons (Fsp3) is 0.946. The number of rotatable bonds is 74. The van der Waals surface area contributed by atoms with Gasteiger partial charge in [-0.15, -0.1) is 0 Å². The molecule has 19 heteroatoms. The fourth-order valence-electron chi connectivity index (χ4n) is 11.4. The van der Waals surface area contributed by atoms with Crippen LogP contribution in [0.25, 0.3) is 0 Å². The van der Waals surface area contributed by atoms with Crippen LogP contribution < -0.4 is 0 Å². The summed E-state index contributed by atoms with van der Waals surface area (Å²) in [5.74, 6) is -1.36. The molecule has 0 spiro atoms. The number of hydrogen-bond acceptors (Lipinski definition) is 15. The van der Waals surface area contributed by atoms with E-state index in [1.807, 2.05) is 0 Å². The maximum Gasteiger partial charge on any atom is 0.472 e. The molecule has 0 rings (SSSR count). The van der Waals surface area contributed by atoms with E-state index in [4.69, 9.17) is 37.0 Å². The van der Waals surface area contributed by atoms with Crippen molar-refractivity contribution in [2.24, 2.45) is 5.92 Å². The van der Waals surface area contributed by atoms with Gasteiger partial charge < -0.3 is 33.8 Å². The molecule has 0 aromatic carbocycles. The van der Waals surface area contributed by atoms with E-state index < -0.39 is 97.5 Å². The first-order valence-corrected chi connectivity index (χ1v) is 41.6. The molecule has 0 aromatic rings. The fourth-order valence-corrected chi connectivity index (χ4v) is 12.9. The summed E-state index contributed by atoms with van der Waals surface area (Å²) in [6.45, 7) is 7.27. The van der Waals surface area contributed by atoms with Crippen LogP contribution >= 0.6 is 15.6 Å². The minimum atomic E-state index is -4.95. The van der Waals surface area contributed by atoms with Gasteiger partial charge in [0.1, 0.15) is 19.3 Å². The van der Waals surface area contributed by atoms with Crippen molar-refractivity contribution in [1.29, 1.82) is 0 Å². The van der Waals surface area contributed by atoms with Gasteiger partial charge in [0.2, 0.25) is 0 Å². The number of aliphatic hydroxyl groups is 1. The van der Waals surface area contributed by atoms with E-state index in [1.54, 1.807) is 0 Å². The van der Waals surface area contributed by atoms with Crippen LogP contribution in [0.2, 0.25) is 0 Å². The first-order valence-electron chi connectivity index (χ1n) is 38.6. The number of ether oxygens (including phenoxy) is 4. The topological polar surface area (TPSA) is 237 Å². The number of phosphoric acid groups is 2. The molecule has 3 N–H and O–H groups in total. The number of carbonyl (C=O) groups excluding carboxylic acids is 4.